The fraction of sp³-hybridized carbons (Fsp3) is 0.286. The molecule has 0 spiro atoms. The van der Waals surface area contributed by atoms with Crippen LogP contribution >= 0.6 is 0 Å². The Labute approximate surface area is 227 Å². The molecule has 38 heavy (non-hydrogen) atoms. The molecule has 0 unspecified atom stereocenters. The second kappa shape index (κ2) is 11.3. The van der Waals surface area contributed by atoms with Crippen LogP contribution in [0.15, 0.2) is 97.1 Å². The van der Waals surface area contributed by atoms with Gasteiger partial charge in [-0.3, -0.25) is 4.79 Å². The molecule has 0 N–H and O–H groups in total. The maximum absolute atomic E-state index is 13.0. The summed E-state index contributed by atoms with van der Waals surface area (Å²) in [6, 6.07) is 31.5. The number of carbonyl (C=O) groups excluding carboxylic acids is 1. The van der Waals surface area contributed by atoms with E-state index in [0.29, 0.717) is 16.9 Å². The van der Waals surface area contributed by atoms with Crippen molar-refractivity contribution in [2.75, 3.05) is 0 Å². The van der Waals surface area contributed by atoms with Crippen LogP contribution in [0.3, 0.4) is 0 Å². The van der Waals surface area contributed by atoms with Gasteiger partial charge in [0.2, 0.25) is 0 Å². The molecule has 0 saturated heterocycles. The van der Waals surface area contributed by atoms with Gasteiger partial charge in [-0.2, -0.15) is 0 Å². The number of hydrogen-bond acceptors (Lipinski definition) is 3. The minimum Gasteiger partial charge on any atom is -0.488 e. The standard InChI is InChI=1S/C35H38O3/c1-7-24-35(5,6)29-16-8-27(9-17-29)33(36)28-14-20-31(21-15-28)37-30-18-10-25(11-19-30)26-12-22-32(23-13-26)38-34(2,3)4/h8-23H,7,24H2,1-6H3. The van der Waals surface area contributed by atoms with Gasteiger partial charge >= 0.3 is 0 Å². The summed E-state index contributed by atoms with van der Waals surface area (Å²) in [5.74, 6) is 2.30. The Morgan fingerprint density at radius 2 is 1.03 bits per heavy atom. The highest BCUT2D eigenvalue weighted by molar-refractivity contribution is 6.09. The van der Waals surface area contributed by atoms with Crippen molar-refractivity contribution in [1.29, 1.82) is 0 Å². The van der Waals surface area contributed by atoms with Crippen molar-refractivity contribution in [1.82, 2.24) is 0 Å². The summed E-state index contributed by atoms with van der Waals surface area (Å²) in [6.07, 6.45) is 2.25. The highest BCUT2D eigenvalue weighted by atomic mass is 16.5. The Bertz CT molecular complexity index is 1340. The molecule has 0 aliphatic carbocycles. The number of hydrogen-bond donors (Lipinski definition) is 0. The summed E-state index contributed by atoms with van der Waals surface area (Å²) >= 11 is 0. The molecule has 0 fully saturated rings. The number of carbonyl (C=O) groups is 1. The molecule has 3 nitrogen and oxygen atoms in total. The van der Waals surface area contributed by atoms with E-state index in [9.17, 15) is 4.79 Å². The summed E-state index contributed by atoms with van der Waals surface area (Å²) in [5, 5.41) is 0. The van der Waals surface area contributed by atoms with Crippen LogP contribution < -0.4 is 9.47 Å². The number of rotatable bonds is 9. The highest BCUT2D eigenvalue weighted by Crippen LogP contribution is 2.30. The van der Waals surface area contributed by atoms with Gasteiger partial charge in [-0.15, -0.1) is 0 Å². The molecule has 0 saturated carbocycles. The average molecular weight is 507 g/mol. The molecule has 0 aliphatic heterocycles. The Morgan fingerprint density at radius 3 is 1.47 bits per heavy atom. The zero-order chi connectivity index (χ0) is 27.3. The van der Waals surface area contributed by atoms with Crippen LogP contribution in [0.5, 0.6) is 17.2 Å². The van der Waals surface area contributed by atoms with Crippen LogP contribution in [0.4, 0.5) is 0 Å². The van der Waals surface area contributed by atoms with Gasteiger partial charge in [-0.05, 0) is 97.8 Å². The third kappa shape index (κ3) is 6.92. The van der Waals surface area contributed by atoms with E-state index in [1.807, 2.05) is 93.6 Å². The number of ketones is 1. The van der Waals surface area contributed by atoms with Crippen molar-refractivity contribution in [2.45, 2.75) is 65.4 Å². The Balaban J connectivity index is 1.38. The Morgan fingerprint density at radius 1 is 0.605 bits per heavy atom. The summed E-state index contributed by atoms with van der Waals surface area (Å²) in [7, 11) is 0. The SMILES string of the molecule is CCCC(C)(C)c1ccc(C(=O)c2ccc(Oc3ccc(-c4ccc(OC(C)(C)C)cc4)cc3)cc2)cc1. The predicted molar refractivity (Wildman–Crippen MR) is 157 cm³/mol. The molecule has 0 aromatic heterocycles. The molecular weight excluding hydrogens is 468 g/mol. The normalized spacial score (nSPS) is 11.7. The van der Waals surface area contributed by atoms with E-state index in [2.05, 4.69) is 45.0 Å². The molecule has 4 aromatic carbocycles. The monoisotopic (exact) mass is 506 g/mol. The quantitative estimate of drug-likeness (QED) is 0.212. The average Bonchev–Trinajstić information content (AvgIpc) is 2.89. The first-order valence-electron chi connectivity index (χ1n) is 13.4. The molecule has 4 rings (SSSR count). The van der Waals surface area contributed by atoms with Crippen LogP contribution in [-0.2, 0) is 5.41 Å². The first kappa shape index (κ1) is 27.2. The predicted octanol–water partition coefficient (Wildman–Crippen LogP) is 9.63. The van der Waals surface area contributed by atoms with Crippen molar-refractivity contribution in [3.8, 4) is 28.4 Å². The maximum atomic E-state index is 13.0. The van der Waals surface area contributed by atoms with E-state index in [1.54, 1.807) is 0 Å². The first-order chi connectivity index (χ1) is 18.0. The van der Waals surface area contributed by atoms with Gasteiger partial charge in [-0.1, -0.05) is 75.7 Å². The van der Waals surface area contributed by atoms with Gasteiger partial charge in [-0.25, -0.2) is 0 Å². The van der Waals surface area contributed by atoms with Gasteiger partial charge in [0.05, 0.1) is 0 Å². The maximum Gasteiger partial charge on any atom is 0.193 e. The third-order valence-electron chi connectivity index (χ3n) is 6.62. The topological polar surface area (TPSA) is 35.5 Å². The molecule has 196 valence electrons. The van der Waals surface area contributed by atoms with Gasteiger partial charge < -0.3 is 9.47 Å². The highest BCUT2D eigenvalue weighted by Gasteiger charge is 2.20. The van der Waals surface area contributed by atoms with Crippen LogP contribution in [0, 0.1) is 0 Å². The number of ether oxygens (including phenoxy) is 2. The molecule has 0 atom stereocenters. The molecule has 3 heteroatoms. The fourth-order valence-electron chi connectivity index (χ4n) is 4.60. The second-order valence-electron chi connectivity index (χ2n) is 11.4. The minimum atomic E-state index is -0.219. The van der Waals surface area contributed by atoms with Crippen LogP contribution in [0.1, 0.15) is 75.9 Å². The Kier molecular flexibility index (Phi) is 8.06. The van der Waals surface area contributed by atoms with Gasteiger partial charge in [0.25, 0.3) is 0 Å². The third-order valence-corrected chi connectivity index (χ3v) is 6.62. The van der Waals surface area contributed by atoms with Crippen molar-refractivity contribution in [2.24, 2.45) is 0 Å². The molecule has 0 bridgehead atoms. The molecule has 0 aliphatic rings. The lowest BCUT2D eigenvalue weighted by atomic mass is 9.80. The van der Waals surface area contributed by atoms with Gasteiger partial charge in [0, 0.05) is 11.1 Å². The van der Waals surface area contributed by atoms with Gasteiger partial charge in [0.1, 0.15) is 22.8 Å². The largest absolute Gasteiger partial charge is 0.488 e. The molecule has 4 aromatic rings. The summed E-state index contributed by atoms with van der Waals surface area (Å²) < 4.78 is 11.9. The van der Waals surface area contributed by atoms with Crippen LogP contribution in [0.25, 0.3) is 11.1 Å². The van der Waals surface area contributed by atoms with E-state index in [-0.39, 0.29) is 16.8 Å². The van der Waals surface area contributed by atoms with Crippen molar-refractivity contribution >= 4 is 5.78 Å². The molecule has 0 amide bonds. The zero-order valence-corrected chi connectivity index (χ0v) is 23.4. The van der Waals surface area contributed by atoms with Crippen LogP contribution in [-0.4, -0.2) is 11.4 Å². The molecule has 0 radical (unpaired) electrons. The zero-order valence-electron chi connectivity index (χ0n) is 23.4. The van der Waals surface area contributed by atoms with E-state index in [4.69, 9.17) is 9.47 Å². The fourth-order valence-corrected chi connectivity index (χ4v) is 4.60. The minimum absolute atomic E-state index is 0.0136. The van der Waals surface area contributed by atoms with E-state index in [1.165, 1.54) is 5.56 Å². The lowest BCUT2D eigenvalue weighted by Gasteiger charge is -2.24. The van der Waals surface area contributed by atoms with Gasteiger partial charge in [0.15, 0.2) is 5.78 Å². The summed E-state index contributed by atoms with van der Waals surface area (Å²) in [4.78, 5) is 13.0. The lowest BCUT2D eigenvalue weighted by Crippen LogP contribution is -2.22. The summed E-state index contributed by atoms with van der Waals surface area (Å²) in [5.41, 5.74) is 4.71. The van der Waals surface area contributed by atoms with E-state index >= 15 is 0 Å². The second-order valence-corrected chi connectivity index (χ2v) is 11.4. The van der Waals surface area contributed by atoms with Crippen molar-refractivity contribution in [3.63, 3.8) is 0 Å². The number of benzene rings is 4. The Hall–Kier alpha value is -3.85. The van der Waals surface area contributed by atoms with Crippen molar-refractivity contribution in [3.05, 3.63) is 114 Å². The first-order valence-corrected chi connectivity index (χ1v) is 13.4. The van der Waals surface area contributed by atoms with E-state index in [0.717, 1.165) is 35.5 Å². The van der Waals surface area contributed by atoms with Crippen LogP contribution in [0.2, 0.25) is 0 Å². The lowest BCUT2D eigenvalue weighted by molar-refractivity contribution is 0.103. The molecule has 0 heterocycles. The molecular formula is C35H38O3. The summed E-state index contributed by atoms with van der Waals surface area (Å²) in [6.45, 7) is 12.8. The smallest absolute Gasteiger partial charge is 0.193 e. The van der Waals surface area contributed by atoms with Crippen molar-refractivity contribution < 1.29 is 14.3 Å². The van der Waals surface area contributed by atoms with E-state index < -0.39 is 0 Å².